The molecule has 0 bridgehead atoms. The lowest BCUT2D eigenvalue weighted by Crippen LogP contribution is -2.28. The van der Waals surface area contributed by atoms with Crippen molar-refractivity contribution in [2.45, 2.75) is 18.8 Å². The van der Waals surface area contributed by atoms with Crippen LogP contribution in [0.1, 0.15) is 24.6 Å². The van der Waals surface area contributed by atoms with Crippen molar-refractivity contribution in [2.24, 2.45) is 0 Å². The molecule has 3 nitrogen and oxygen atoms in total. The fourth-order valence-electron chi connectivity index (χ4n) is 2.47. The van der Waals surface area contributed by atoms with Gasteiger partial charge in [0.25, 0.3) is 0 Å². The molecular weight excluding hydrogens is 281 g/mol. The zero-order chi connectivity index (χ0) is 13.2. The summed E-state index contributed by atoms with van der Waals surface area (Å²) in [6, 6.07) is 5.46. The SMILES string of the molecule is Clc1ccc(Cl)c(-c2cnc(C3CCCNC3)[nH]2)c1. The summed E-state index contributed by atoms with van der Waals surface area (Å²) in [7, 11) is 0. The fraction of sp³-hybridized carbons (Fsp3) is 0.357. The van der Waals surface area contributed by atoms with Gasteiger partial charge in [-0.15, -0.1) is 0 Å². The van der Waals surface area contributed by atoms with Gasteiger partial charge in [0, 0.05) is 23.0 Å². The summed E-state index contributed by atoms with van der Waals surface area (Å²) in [5.74, 6) is 1.48. The molecule has 1 aliphatic rings. The van der Waals surface area contributed by atoms with Crippen molar-refractivity contribution in [3.8, 4) is 11.3 Å². The highest BCUT2D eigenvalue weighted by Crippen LogP contribution is 2.31. The Hall–Kier alpha value is -1.03. The number of imidazole rings is 1. The van der Waals surface area contributed by atoms with Crippen LogP contribution in [0.3, 0.4) is 0 Å². The Labute approximate surface area is 122 Å². The van der Waals surface area contributed by atoms with Gasteiger partial charge >= 0.3 is 0 Å². The van der Waals surface area contributed by atoms with Crippen LogP contribution in [0.2, 0.25) is 10.0 Å². The van der Waals surface area contributed by atoms with Gasteiger partial charge in [-0.1, -0.05) is 23.2 Å². The van der Waals surface area contributed by atoms with E-state index in [4.69, 9.17) is 23.2 Å². The summed E-state index contributed by atoms with van der Waals surface area (Å²) in [5, 5.41) is 4.75. The molecule has 3 rings (SSSR count). The maximum Gasteiger partial charge on any atom is 0.110 e. The van der Waals surface area contributed by atoms with Crippen LogP contribution in [0, 0.1) is 0 Å². The molecule has 0 aliphatic carbocycles. The monoisotopic (exact) mass is 295 g/mol. The molecule has 0 amide bonds. The van der Waals surface area contributed by atoms with Gasteiger partial charge in [-0.3, -0.25) is 0 Å². The third kappa shape index (κ3) is 2.78. The van der Waals surface area contributed by atoms with E-state index in [2.05, 4.69) is 15.3 Å². The van der Waals surface area contributed by atoms with Gasteiger partial charge in [-0.25, -0.2) is 4.98 Å². The van der Waals surface area contributed by atoms with Crippen molar-refractivity contribution in [1.29, 1.82) is 0 Å². The number of rotatable bonds is 2. The number of piperidine rings is 1. The van der Waals surface area contributed by atoms with E-state index < -0.39 is 0 Å². The van der Waals surface area contributed by atoms with Gasteiger partial charge in [0.05, 0.1) is 16.9 Å². The molecule has 0 saturated carbocycles. The van der Waals surface area contributed by atoms with Crippen LogP contribution in [0.15, 0.2) is 24.4 Å². The standard InChI is InChI=1S/C14H15Cl2N3/c15-10-3-4-12(16)11(6-10)13-8-18-14(19-13)9-2-1-5-17-7-9/h3-4,6,8-9,17H,1-2,5,7H2,(H,18,19). The minimum Gasteiger partial charge on any atom is -0.342 e. The summed E-state index contributed by atoms with van der Waals surface area (Å²) in [6.07, 6.45) is 4.20. The van der Waals surface area contributed by atoms with E-state index >= 15 is 0 Å². The van der Waals surface area contributed by atoms with Crippen molar-refractivity contribution < 1.29 is 0 Å². The lowest BCUT2D eigenvalue weighted by molar-refractivity contribution is 0.449. The topological polar surface area (TPSA) is 40.7 Å². The third-order valence-electron chi connectivity index (χ3n) is 3.50. The van der Waals surface area contributed by atoms with Gasteiger partial charge in [-0.05, 0) is 37.6 Å². The Morgan fingerprint density at radius 2 is 2.16 bits per heavy atom. The Morgan fingerprint density at radius 3 is 2.95 bits per heavy atom. The second-order valence-corrected chi connectivity index (χ2v) is 5.69. The zero-order valence-electron chi connectivity index (χ0n) is 10.4. The first-order valence-corrected chi connectivity index (χ1v) is 7.20. The number of H-pyrrole nitrogens is 1. The molecule has 0 radical (unpaired) electrons. The Morgan fingerprint density at radius 1 is 1.26 bits per heavy atom. The van der Waals surface area contributed by atoms with Gasteiger partial charge in [0.15, 0.2) is 0 Å². The molecular formula is C14H15Cl2N3. The van der Waals surface area contributed by atoms with E-state index in [1.54, 1.807) is 6.07 Å². The number of hydrogen-bond donors (Lipinski definition) is 2. The Kier molecular flexibility index (Phi) is 3.78. The van der Waals surface area contributed by atoms with Gasteiger partial charge < -0.3 is 10.3 Å². The highest BCUT2D eigenvalue weighted by atomic mass is 35.5. The van der Waals surface area contributed by atoms with E-state index in [1.165, 1.54) is 12.8 Å². The largest absolute Gasteiger partial charge is 0.342 e. The van der Waals surface area contributed by atoms with Crippen LogP contribution in [0.5, 0.6) is 0 Å². The van der Waals surface area contributed by atoms with E-state index in [-0.39, 0.29) is 0 Å². The molecule has 2 heterocycles. The maximum atomic E-state index is 6.21. The molecule has 1 aliphatic heterocycles. The van der Waals surface area contributed by atoms with Gasteiger partial charge in [0.2, 0.25) is 0 Å². The number of aromatic nitrogens is 2. The molecule has 1 atom stereocenters. The average Bonchev–Trinajstić information content (AvgIpc) is 2.92. The smallest absolute Gasteiger partial charge is 0.110 e. The van der Waals surface area contributed by atoms with Gasteiger partial charge in [-0.2, -0.15) is 0 Å². The second kappa shape index (κ2) is 5.53. The minimum atomic E-state index is 0.459. The van der Waals surface area contributed by atoms with Crippen LogP contribution in [0.25, 0.3) is 11.3 Å². The first kappa shape index (κ1) is 13.0. The molecule has 0 spiro atoms. The molecule has 1 fully saturated rings. The molecule has 2 aromatic rings. The van der Waals surface area contributed by atoms with Crippen LogP contribution < -0.4 is 5.32 Å². The lowest BCUT2D eigenvalue weighted by Gasteiger charge is -2.20. The Bertz CT molecular complexity index is 574. The zero-order valence-corrected chi connectivity index (χ0v) is 11.9. The summed E-state index contributed by atoms with van der Waals surface area (Å²) in [5.41, 5.74) is 1.82. The molecule has 1 unspecified atom stereocenters. The fourth-order valence-corrected chi connectivity index (χ4v) is 2.86. The molecule has 1 saturated heterocycles. The van der Waals surface area contributed by atoms with E-state index in [9.17, 15) is 0 Å². The predicted molar refractivity (Wildman–Crippen MR) is 78.9 cm³/mol. The van der Waals surface area contributed by atoms with Crippen LogP contribution in [-0.2, 0) is 0 Å². The lowest BCUT2D eigenvalue weighted by atomic mass is 9.99. The molecule has 1 aromatic carbocycles. The van der Waals surface area contributed by atoms with E-state index in [1.807, 2.05) is 18.3 Å². The van der Waals surface area contributed by atoms with Crippen molar-refractivity contribution in [1.82, 2.24) is 15.3 Å². The Balaban J connectivity index is 1.89. The van der Waals surface area contributed by atoms with Crippen LogP contribution >= 0.6 is 23.2 Å². The second-order valence-electron chi connectivity index (χ2n) is 4.85. The summed E-state index contributed by atoms with van der Waals surface area (Å²) in [4.78, 5) is 7.86. The molecule has 5 heteroatoms. The minimum absolute atomic E-state index is 0.459. The maximum absolute atomic E-state index is 6.21. The van der Waals surface area contributed by atoms with Crippen LogP contribution in [0.4, 0.5) is 0 Å². The number of nitrogens with one attached hydrogen (secondary N) is 2. The first-order chi connectivity index (χ1) is 9.24. The predicted octanol–water partition coefficient (Wildman–Crippen LogP) is 3.85. The average molecular weight is 296 g/mol. The van der Waals surface area contributed by atoms with Crippen molar-refractivity contribution in [2.75, 3.05) is 13.1 Å². The summed E-state index contributed by atoms with van der Waals surface area (Å²) in [6.45, 7) is 2.08. The van der Waals surface area contributed by atoms with Crippen molar-refractivity contribution >= 4 is 23.2 Å². The van der Waals surface area contributed by atoms with Crippen molar-refractivity contribution in [3.05, 3.63) is 40.3 Å². The van der Waals surface area contributed by atoms with E-state index in [0.29, 0.717) is 16.0 Å². The van der Waals surface area contributed by atoms with Gasteiger partial charge in [0.1, 0.15) is 5.82 Å². The number of aromatic amines is 1. The quantitative estimate of drug-likeness (QED) is 0.883. The summed E-state index contributed by atoms with van der Waals surface area (Å²) < 4.78 is 0. The molecule has 2 N–H and O–H groups in total. The summed E-state index contributed by atoms with van der Waals surface area (Å²) >= 11 is 12.2. The molecule has 1 aromatic heterocycles. The first-order valence-electron chi connectivity index (χ1n) is 6.45. The molecule has 100 valence electrons. The third-order valence-corrected chi connectivity index (χ3v) is 4.06. The highest BCUT2D eigenvalue weighted by molar-refractivity contribution is 6.35. The highest BCUT2D eigenvalue weighted by Gasteiger charge is 2.18. The number of nitrogens with zero attached hydrogens (tertiary/aromatic N) is 1. The van der Waals surface area contributed by atoms with Crippen molar-refractivity contribution in [3.63, 3.8) is 0 Å². The number of hydrogen-bond acceptors (Lipinski definition) is 2. The molecule has 19 heavy (non-hydrogen) atoms. The normalized spacial score (nSPS) is 19.6. The number of halogens is 2. The van der Waals surface area contributed by atoms with E-state index in [0.717, 1.165) is 30.2 Å². The van der Waals surface area contributed by atoms with Crippen LogP contribution in [-0.4, -0.2) is 23.1 Å². The number of benzene rings is 1.